The third-order valence-corrected chi connectivity index (χ3v) is 4.71. The zero-order valence-electron chi connectivity index (χ0n) is 12.3. The number of hydrogen-bond donors (Lipinski definition) is 1. The molecule has 1 aromatic carbocycles. The van der Waals surface area contributed by atoms with Crippen LogP contribution in [0.15, 0.2) is 30.9 Å². The topological polar surface area (TPSA) is 42.7 Å². The van der Waals surface area contributed by atoms with Crippen molar-refractivity contribution >= 4 is 17.3 Å². The lowest BCUT2D eigenvalue weighted by molar-refractivity contribution is 0.317. The molecule has 3 rings (SSSR count). The SMILES string of the molecule is CCC1CCCCC1Nc1cccc(Cl)c1-n1cncn1. The Morgan fingerprint density at radius 1 is 1.33 bits per heavy atom. The van der Waals surface area contributed by atoms with Gasteiger partial charge in [-0.15, -0.1) is 0 Å². The van der Waals surface area contributed by atoms with Crippen molar-refractivity contribution in [2.24, 2.45) is 5.92 Å². The molecule has 2 unspecified atom stereocenters. The summed E-state index contributed by atoms with van der Waals surface area (Å²) in [5.41, 5.74) is 1.93. The summed E-state index contributed by atoms with van der Waals surface area (Å²) in [4.78, 5) is 4.02. The summed E-state index contributed by atoms with van der Waals surface area (Å²) in [6.45, 7) is 2.28. The summed E-state index contributed by atoms with van der Waals surface area (Å²) in [6, 6.07) is 6.46. The van der Waals surface area contributed by atoms with Crippen LogP contribution in [0.5, 0.6) is 0 Å². The van der Waals surface area contributed by atoms with E-state index in [9.17, 15) is 0 Å². The fraction of sp³-hybridized carbons (Fsp3) is 0.500. The van der Waals surface area contributed by atoms with E-state index in [1.165, 1.54) is 38.4 Å². The van der Waals surface area contributed by atoms with Gasteiger partial charge in [0, 0.05) is 6.04 Å². The number of nitrogens with one attached hydrogen (secondary N) is 1. The molecule has 2 aromatic rings. The normalized spacial score (nSPS) is 22.2. The van der Waals surface area contributed by atoms with Crippen molar-refractivity contribution in [3.63, 3.8) is 0 Å². The van der Waals surface area contributed by atoms with Crippen molar-refractivity contribution in [1.29, 1.82) is 0 Å². The van der Waals surface area contributed by atoms with Crippen molar-refractivity contribution in [3.05, 3.63) is 35.9 Å². The standard InChI is InChI=1S/C16H21ClN4/c1-2-12-6-3-4-8-14(12)20-15-9-5-7-13(17)16(15)21-11-18-10-19-21/h5,7,9-12,14,20H,2-4,6,8H2,1H3. The molecule has 4 nitrogen and oxygen atoms in total. The van der Waals surface area contributed by atoms with Gasteiger partial charge in [0.1, 0.15) is 18.3 Å². The van der Waals surface area contributed by atoms with Crippen LogP contribution in [0.4, 0.5) is 5.69 Å². The number of nitrogens with zero attached hydrogens (tertiary/aromatic N) is 3. The van der Waals surface area contributed by atoms with Gasteiger partial charge in [0.05, 0.1) is 10.7 Å². The summed E-state index contributed by atoms with van der Waals surface area (Å²) in [7, 11) is 0. The minimum atomic E-state index is 0.518. The molecule has 2 atom stereocenters. The molecule has 1 aliphatic rings. The van der Waals surface area contributed by atoms with Gasteiger partial charge >= 0.3 is 0 Å². The fourth-order valence-electron chi connectivity index (χ4n) is 3.27. The largest absolute Gasteiger partial charge is 0.380 e. The molecule has 1 aliphatic carbocycles. The number of hydrogen-bond acceptors (Lipinski definition) is 3. The number of rotatable bonds is 4. The van der Waals surface area contributed by atoms with Crippen LogP contribution < -0.4 is 5.32 Å². The van der Waals surface area contributed by atoms with Gasteiger partial charge < -0.3 is 5.32 Å². The molecule has 0 saturated heterocycles. The van der Waals surface area contributed by atoms with Crippen molar-refractivity contribution in [2.45, 2.75) is 45.1 Å². The highest BCUT2D eigenvalue weighted by Gasteiger charge is 2.24. The van der Waals surface area contributed by atoms with E-state index < -0.39 is 0 Å². The van der Waals surface area contributed by atoms with Crippen LogP contribution in [-0.4, -0.2) is 20.8 Å². The first-order valence-electron chi connectivity index (χ1n) is 7.69. The second-order valence-electron chi connectivity index (χ2n) is 5.68. The smallest absolute Gasteiger partial charge is 0.138 e. The van der Waals surface area contributed by atoms with Crippen LogP contribution in [0.3, 0.4) is 0 Å². The first-order chi connectivity index (χ1) is 10.3. The van der Waals surface area contributed by atoms with E-state index in [1.807, 2.05) is 12.1 Å². The molecule has 0 aliphatic heterocycles. The van der Waals surface area contributed by atoms with Gasteiger partial charge in [-0.05, 0) is 30.9 Å². The van der Waals surface area contributed by atoms with Gasteiger partial charge in [0.2, 0.25) is 0 Å². The van der Waals surface area contributed by atoms with E-state index in [0.29, 0.717) is 11.1 Å². The van der Waals surface area contributed by atoms with Crippen molar-refractivity contribution in [2.75, 3.05) is 5.32 Å². The van der Waals surface area contributed by atoms with Gasteiger partial charge in [-0.1, -0.05) is 43.9 Å². The molecule has 5 heteroatoms. The van der Waals surface area contributed by atoms with Crippen molar-refractivity contribution in [1.82, 2.24) is 14.8 Å². The van der Waals surface area contributed by atoms with Crippen LogP contribution in [0.25, 0.3) is 5.69 Å². The van der Waals surface area contributed by atoms with Gasteiger partial charge in [0.15, 0.2) is 0 Å². The zero-order chi connectivity index (χ0) is 14.7. The number of benzene rings is 1. The summed E-state index contributed by atoms with van der Waals surface area (Å²) >= 11 is 6.38. The third-order valence-electron chi connectivity index (χ3n) is 4.41. The Morgan fingerprint density at radius 2 is 2.19 bits per heavy atom. The quantitative estimate of drug-likeness (QED) is 0.915. The molecule has 0 spiro atoms. The maximum atomic E-state index is 6.38. The highest BCUT2D eigenvalue weighted by molar-refractivity contribution is 6.33. The first kappa shape index (κ1) is 14.4. The van der Waals surface area contributed by atoms with E-state index in [2.05, 4.69) is 28.4 Å². The second-order valence-corrected chi connectivity index (χ2v) is 6.09. The number of anilines is 1. The fourth-order valence-corrected chi connectivity index (χ4v) is 3.54. The van der Waals surface area contributed by atoms with Gasteiger partial charge in [-0.25, -0.2) is 9.67 Å². The van der Waals surface area contributed by atoms with Crippen molar-refractivity contribution < 1.29 is 0 Å². The third kappa shape index (κ3) is 3.05. The molecule has 112 valence electrons. The Hall–Kier alpha value is -1.55. The molecule has 0 bridgehead atoms. The minimum Gasteiger partial charge on any atom is -0.380 e. The Bertz CT molecular complexity index is 582. The monoisotopic (exact) mass is 304 g/mol. The van der Waals surface area contributed by atoms with Crippen LogP contribution in [0.1, 0.15) is 39.0 Å². The summed E-state index contributed by atoms with van der Waals surface area (Å²) in [5.74, 6) is 0.737. The van der Waals surface area contributed by atoms with E-state index in [-0.39, 0.29) is 0 Å². The van der Waals surface area contributed by atoms with E-state index in [1.54, 1.807) is 11.0 Å². The van der Waals surface area contributed by atoms with Crippen LogP contribution in [0.2, 0.25) is 5.02 Å². The van der Waals surface area contributed by atoms with Crippen LogP contribution in [-0.2, 0) is 0 Å². The highest BCUT2D eigenvalue weighted by atomic mass is 35.5. The van der Waals surface area contributed by atoms with Gasteiger partial charge in [-0.3, -0.25) is 0 Å². The Labute approximate surface area is 130 Å². The lowest BCUT2D eigenvalue weighted by Gasteiger charge is -2.33. The molecule has 1 fully saturated rings. The lowest BCUT2D eigenvalue weighted by Crippen LogP contribution is -2.32. The molecule has 1 saturated carbocycles. The molecule has 21 heavy (non-hydrogen) atoms. The summed E-state index contributed by atoms with van der Waals surface area (Å²) in [5, 5.41) is 8.62. The summed E-state index contributed by atoms with van der Waals surface area (Å²) < 4.78 is 1.73. The molecule has 1 heterocycles. The minimum absolute atomic E-state index is 0.518. The zero-order valence-corrected chi connectivity index (χ0v) is 13.1. The number of para-hydroxylation sites is 1. The number of aromatic nitrogens is 3. The molecule has 1 aromatic heterocycles. The molecule has 0 amide bonds. The molecular weight excluding hydrogens is 284 g/mol. The Kier molecular flexibility index (Phi) is 4.44. The first-order valence-corrected chi connectivity index (χ1v) is 8.07. The summed E-state index contributed by atoms with van der Waals surface area (Å²) in [6.07, 6.45) is 9.62. The van der Waals surface area contributed by atoms with Crippen LogP contribution >= 0.6 is 11.6 Å². The van der Waals surface area contributed by atoms with Gasteiger partial charge in [0.25, 0.3) is 0 Å². The predicted molar refractivity (Wildman–Crippen MR) is 86.0 cm³/mol. The lowest BCUT2D eigenvalue weighted by atomic mass is 9.83. The molecular formula is C16H21ClN4. The Balaban J connectivity index is 1.90. The van der Waals surface area contributed by atoms with Gasteiger partial charge in [-0.2, -0.15) is 5.10 Å². The average Bonchev–Trinajstić information content (AvgIpc) is 3.02. The molecule has 0 radical (unpaired) electrons. The number of halogens is 1. The molecule has 1 N–H and O–H groups in total. The Morgan fingerprint density at radius 3 is 2.95 bits per heavy atom. The van der Waals surface area contributed by atoms with Crippen molar-refractivity contribution in [3.8, 4) is 5.69 Å². The highest BCUT2D eigenvalue weighted by Crippen LogP contribution is 2.33. The average molecular weight is 305 g/mol. The van der Waals surface area contributed by atoms with E-state index >= 15 is 0 Å². The van der Waals surface area contributed by atoms with Crippen LogP contribution in [0, 0.1) is 5.92 Å². The maximum Gasteiger partial charge on any atom is 0.138 e. The predicted octanol–water partition coefficient (Wildman–Crippen LogP) is 4.30. The van der Waals surface area contributed by atoms with E-state index in [0.717, 1.165) is 17.3 Å². The second kappa shape index (κ2) is 6.48. The van der Waals surface area contributed by atoms with E-state index in [4.69, 9.17) is 11.6 Å². The maximum absolute atomic E-state index is 6.38.